The van der Waals surface area contributed by atoms with Crippen LogP contribution in [-0.4, -0.2) is 23.0 Å². The second kappa shape index (κ2) is 2.68. The highest BCUT2D eigenvalue weighted by molar-refractivity contribution is 5.31. The molecule has 1 heteroatoms. The van der Waals surface area contributed by atoms with Gasteiger partial charge in [-0.05, 0) is 37.0 Å². The summed E-state index contributed by atoms with van der Waals surface area (Å²) in [6, 6.07) is 0.937. The van der Waals surface area contributed by atoms with Crippen LogP contribution < -0.4 is 0 Å². The van der Waals surface area contributed by atoms with Gasteiger partial charge in [0.05, 0.1) is 0 Å². The zero-order valence-electron chi connectivity index (χ0n) is 10.3. The van der Waals surface area contributed by atoms with Gasteiger partial charge < -0.3 is 0 Å². The highest BCUT2D eigenvalue weighted by Crippen LogP contribution is 2.60. The average molecular weight is 205 g/mol. The molecule has 3 fully saturated rings. The molecule has 3 aliphatic rings. The molecular weight excluding hydrogens is 182 g/mol. The Morgan fingerprint density at radius 1 is 1.47 bits per heavy atom. The average Bonchev–Trinajstić information content (AvgIpc) is 2.65. The van der Waals surface area contributed by atoms with Gasteiger partial charge in [0.1, 0.15) is 0 Å². The van der Waals surface area contributed by atoms with Crippen molar-refractivity contribution < 1.29 is 0 Å². The summed E-state index contributed by atoms with van der Waals surface area (Å²) in [6.07, 6.45) is 5.44. The van der Waals surface area contributed by atoms with E-state index in [1.165, 1.54) is 37.8 Å². The first kappa shape index (κ1) is 9.89. The van der Waals surface area contributed by atoms with Crippen molar-refractivity contribution >= 4 is 0 Å². The van der Waals surface area contributed by atoms with Crippen molar-refractivity contribution in [1.29, 1.82) is 0 Å². The zero-order chi connectivity index (χ0) is 10.8. The number of rotatable bonds is 1. The summed E-state index contributed by atoms with van der Waals surface area (Å²) in [7, 11) is 0. The molecule has 1 unspecified atom stereocenters. The minimum Gasteiger partial charge on any atom is -0.290 e. The fourth-order valence-electron chi connectivity index (χ4n) is 4.09. The van der Waals surface area contributed by atoms with Crippen LogP contribution in [0.15, 0.2) is 12.2 Å². The molecule has 0 aromatic carbocycles. The van der Waals surface area contributed by atoms with E-state index in [1.807, 2.05) is 0 Å². The van der Waals surface area contributed by atoms with Crippen molar-refractivity contribution in [2.45, 2.75) is 58.0 Å². The molecule has 0 spiro atoms. The predicted octanol–water partition coefficient (Wildman–Crippen LogP) is 3.22. The van der Waals surface area contributed by atoms with Crippen molar-refractivity contribution in [3.05, 3.63) is 12.2 Å². The maximum Gasteiger partial charge on any atom is 0.0429 e. The third-order valence-electron chi connectivity index (χ3n) is 4.57. The van der Waals surface area contributed by atoms with E-state index in [-0.39, 0.29) is 0 Å². The lowest BCUT2D eigenvalue weighted by Crippen LogP contribution is -2.44. The largest absolute Gasteiger partial charge is 0.290 e. The standard InChI is InChI=1S/C14H23N/c1-10-5-6-15-12-7-11(12)8-14(10,15)9-13(2,3)4/h11-12H,1,5-9H2,2-4H3/t11-,12-,14?/m0/s1. The molecule has 0 radical (unpaired) electrons. The molecule has 1 saturated carbocycles. The summed E-state index contributed by atoms with van der Waals surface area (Å²) in [5, 5.41) is 0. The topological polar surface area (TPSA) is 3.24 Å². The Kier molecular flexibility index (Phi) is 1.77. The molecule has 2 saturated heterocycles. The van der Waals surface area contributed by atoms with Gasteiger partial charge >= 0.3 is 0 Å². The van der Waals surface area contributed by atoms with Crippen LogP contribution in [-0.2, 0) is 0 Å². The molecule has 3 atom stereocenters. The molecule has 2 heterocycles. The number of fused-ring (bicyclic) bond motifs is 3. The van der Waals surface area contributed by atoms with Crippen molar-refractivity contribution in [2.24, 2.45) is 11.3 Å². The fraction of sp³-hybridized carbons (Fsp3) is 0.857. The van der Waals surface area contributed by atoms with Gasteiger partial charge in [0.2, 0.25) is 0 Å². The van der Waals surface area contributed by atoms with Crippen LogP contribution in [0.3, 0.4) is 0 Å². The summed E-state index contributed by atoms with van der Waals surface area (Å²) in [5.41, 5.74) is 2.37. The lowest BCUT2D eigenvalue weighted by atomic mass is 9.74. The van der Waals surface area contributed by atoms with Gasteiger partial charge in [0.15, 0.2) is 0 Å². The fourth-order valence-corrected chi connectivity index (χ4v) is 4.09. The summed E-state index contributed by atoms with van der Waals surface area (Å²) >= 11 is 0. The zero-order valence-corrected chi connectivity index (χ0v) is 10.3. The first-order valence-electron chi connectivity index (χ1n) is 6.37. The Morgan fingerprint density at radius 2 is 2.20 bits per heavy atom. The van der Waals surface area contributed by atoms with Gasteiger partial charge in [-0.15, -0.1) is 0 Å². The summed E-state index contributed by atoms with van der Waals surface area (Å²) in [4.78, 5) is 2.80. The van der Waals surface area contributed by atoms with Crippen molar-refractivity contribution in [2.75, 3.05) is 6.54 Å². The number of piperidine rings is 1. The van der Waals surface area contributed by atoms with E-state index in [0.717, 1.165) is 12.0 Å². The molecule has 1 aliphatic carbocycles. The van der Waals surface area contributed by atoms with Crippen LogP contribution in [0, 0.1) is 11.3 Å². The van der Waals surface area contributed by atoms with Crippen LogP contribution in [0.1, 0.15) is 46.5 Å². The van der Waals surface area contributed by atoms with E-state index in [1.54, 1.807) is 0 Å². The SMILES string of the molecule is C=C1CCN2[C@H]3C[C@H]3CC12CC(C)(C)C. The molecule has 0 N–H and O–H groups in total. The normalized spacial score (nSPS) is 44.3. The van der Waals surface area contributed by atoms with Crippen LogP contribution in [0.4, 0.5) is 0 Å². The molecule has 0 aromatic heterocycles. The van der Waals surface area contributed by atoms with Crippen LogP contribution >= 0.6 is 0 Å². The van der Waals surface area contributed by atoms with Crippen molar-refractivity contribution in [3.8, 4) is 0 Å². The summed E-state index contributed by atoms with van der Waals surface area (Å²) in [6.45, 7) is 12.8. The Bertz CT molecular complexity index is 312. The van der Waals surface area contributed by atoms with Gasteiger partial charge in [-0.1, -0.05) is 32.9 Å². The Hall–Kier alpha value is -0.300. The maximum atomic E-state index is 4.37. The lowest BCUT2D eigenvalue weighted by Gasteiger charge is -2.40. The Morgan fingerprint density at radius 3 is 2.87 bits per heavy atom. The van der Waals surface area contributed by atoms with Crippen molar-refractivity contribution in [3.63, 3.8) is 0 Å². The Balaban J connectivity index is 1.90. The van der Waals surface area contributed by atoms with E-state index < -0.39 is 0 Å². The first-order chi connectivity index (χ1) is 6.92. The number of nitrogens with zero attached hydrogens (tertiary/aromatic N) is 1. The molecular formula is C14H23N. The lowest BCUT2D eigenvalue weighted by molar-refractivity contribution is 0.129. The number of hydrogen-bond donors (Lipinski definition) is 0. The van der Waals surface area contributed by atoms with E-state index in [0.29, 0.717) is 11.0 Å². The predicted molar refractivity (Wildman–Crippen MR) is 63.8 cm³/mol. The first-order valence-corrected chi connectivity index (χ1v) is 6.37. The second-order valence-electron chi connectivity index (χ2n) is 7.08. The maximum absolute atomic E-state index is 4.37. The third kappa shape index (κ3) is 1.32. The quantitative estimate of drug-likeness (QED) is 0.594. The molecule has 0 bridgehead atoms. The molecule has 1 nitrogen and oxygen atoms in total. The second-order valence-corrected chi connectivity index (χ2v) is 7.08. The summed E-state index contributed by atoms with van der Waals surface area (Å²) in [5.74, 6) is 1.02. The van der Waals surface area contributed by atoms with Crippen molar-refractivity contribution in [1.82, 2.24) is 4.90 Å². The molecule has 0 aromatic rings. The number of hydrogen-bond acceptors (Lipinski definition) is 1. The highest BCUT2D eigenvalue weighted by atomic mass is 15.3. The highest BCUT2D eigenvalue weighted by Gasteiger charge is 2.62. The molecule has 0 amide bonds. The molecule has 15 heavy (non-hydrogen) atoms. The van der Waals surface area contributed by atoms with Gasteiger partial charge in [-0.2, -0.15) is 0 Å². The monoisotopic (exact) mass is 205 g/mol. The van der Waals surface area contributed by atoms with E-state index in [9.17, 15) is 0 Å². The van der Waals surface area contributed by atoms with E-state index in [2.05, 4.69) is 32.3 Å². The smallest absolute Gasteiger partial charge is 0.0429 e. The van der Waals surface area contributed by atoms with Gasteiger partial charge in [0.25, 0.3) is 0 Å². The van der Waals surface area contributed by atoms with Gasteiger partial charge in [-0.25, -0.2) is 0 Å². The Labute approximate surface area is 93.5 Å². The molecule has 3 rings (SSSR count). The van der Waals surface area contributed by atoms with Gasteiger partial charge in [-0.3, -0.25) is 4.90 Å². The minimum atomic E-state index is 0.409. The van der Waals surface area contributed by atoms with Crippen LogP contribution in [0.2, 0.25) is 0 Å². The minimum absolute atomic E-state index is 0.409. The molecule has 2 aliphatic heterocycles. The van der Waals surface area contributed by atoms with E-state index in [4.69, 9.17) is 0 Å². The van der Waals surface area contributed by atoms with E-state index >= 15 is 0 Å². The van der Waals surface area contributed by atoms with Crippen LogP contribution in [0.5, 0.6) is 0 Å². The third-order valence-corrected chi connectivity index (χ3v) is 4.57. The van der Waals surface area contributed by atoms with Crippen LogP contribution in [0.25, 0.3) is 0 Å². The molecule has 84 valence electrons. The summed E-state index contributed by atoms with van der Waals surface area (Å²) < 4.78 is 0. The van der Waals surface area contributed by atoms with Gasteiger partial charge in [0, 0.05) is 18.1 Å².